The van der Waals surface area contributed by atoms with Gasteiger partial charge in [0.15, 0.2) is 0 Å². The fraction of sp³-hybridized carbons (Fsp3) is 0.467. The molecule has 0 bridgehead atoms. The van der Waals surface area contributed by atoms with Crippen molar-refractivity contribution in [3.63, 3.8) is 0 Å². The molecule has 2 aromatic rings. The zero-order valence-corrected chi connectivity index (χ0v) is 21.8. The quantitative estimate of drug-likeness (QED) is 0.323. The lowest BCUT2D eigenvalue weighted by molar-refractivity contribution is -0.139. The molecule has 0 unspecified atom stereocenters. The van der Waals surface area contributed by atoms with E-state index in [1.807, 2.05) is 25.1 Å². The number of benzene rings is 2. The zero-order chi connectivity index (χ0) is 26.3. The molecule has 0 spiro atoms. The summed E-state index contributed by atoms with van der Waals surface area (Å²) in [5.41, 5.74) is 4.36. The van der Waals surface area contributed by atoms with E-state index in [1.165, 1.54) is 4.90 Å². The van der Waals surface area contributed by atoms with Gasteiger partial charge in [-0.05, 0) is 67.5 Å². The molecule has 2 heterocycles. The Labute approximate surface area is 217 Å². The predicted molar refractivity (Wildman–Crippen MR) is 140 cm³/mol. The number of hydrogen-bond donors (Lipinski definition) is 0. The second-order valence-electron chi connectivity index (χ2n) is 10.4. The molecule has 1 aliphatic carbocycles. The van der Waals surface area contributed by atoms with E-state index in [1.54, 1.807) is 23.1 Å². The van der Waals surface area contributed by atoms with E-state index in [9.17, 15) is 19.2 Å². The average Bonchev–Trinajstić information content (AvgIpc) is 3.41. The predicted octanol–water partition coefficient (Wildman–Crippen LogP) is 4.76. The summed E-state index contributed by atoms with van der Waals surface area (Å²) in [5, 5.41) is 0. The van der Waals surface area contributed by atoms with Crippen molar-refractivity contribution >= 4 is 35.1 Å². The Bertz CT molecular complexity index is 1220. The molecular formula is C30H34N2O5. The Morgan fingerprint density at radius 2 is 1.57 bits per heavy atom. The first-order valence-corrected chi connectivity index (χ1v) is 13.4. The molecule has 2 aliphatic heterocycles. The molecule has 0 aromatic heterocycles. The SMILES string of the molecule is CCc1cccc(CC)c1N1C[C@H](C(=O)Oc2ccc(N3C(=O)[C@H]4CCCC[C@@H]4C3=O)c(C)c2)CC1=O. The number of para-hydroxylation sites is 1. The van der Waals surface area contributed by atoms with Gasteiger partial charge in [0.2, 0.25) is 17.7 Å². The van der Waals surface area contributed by atoms with Crippen LogP contribution in [0.3, 0.4) is 0 Å². The van der Waals surface area contributed by atoms with Crippen LogP contribution in [0.4, 0.5) is 11.4 Å². The van der Waals surface area contributed by atoms with E-state index in [2.05, 4.69) is 13.8 Å². The minimum atomic E-state index is -0.563. The number of amides is 3. The Balaban J connectivity index is 1.30. The van der Waals surface area contributed by atoms with Gasteiger partial charge in [-0.1, -0.05) is 44.9 Å². The van der Waals surface area contributed by atoms with E-state index in [-0.39, 0.29) is 42.5 Å². The van der Waals surface area contributed by atoms with Crippen LogP contribution in [-0.2, 0) is 32.0 Å². The summed E-state index contributed by atoms with van der Waals surface area (Å²) >= 11 is 0. The van der Waals surface area contributed by atoms with Gasteiger partial charge in [-0.3, -0.25) is 19.2 Å². The molecule has 0 radical (unpaired) electrons. The third-order valence-electron chi connectivity index (χ3n) is 8.16. The highest BCUT2D eigenvalue weighted by molar-refractivity contribution is 6.22. The molecule has 2 saturated heterocycles. The van der Waals surface area contributed by atoms with Gasteiger partial charge in [-0.2, -0.15) is 0 Å². The summed E-state index contributed by atoms with van der Waals surface area (Å²) in [6.07, 6.45) is 5.20. The number of aryl methyl sites for hydroxylation is 3. The number of hydrogen-bond acceptors (Lipinski definition) is 5. The second kappa shape index (κ2) is 10.1. The van der Waals surface area contributed by atoms with Crippen LogP contribution in [0.25, 0.3) is 0 Å². The van der Waals surface area contributed by atoms with Crippen LogP contribution in [-0.4, -0.2) is 30.2 Å². The van der Waals surface area contributed by atoms with Crippen LogP contribution in [0.15, 0.2) is 36.4 Å². The Morgan fingerprint density at radius 1 is 0.946 bits per heavy atom. The van der Waals surface area contributed by atoms with Crippen molar-refractivity contribution in [1.29, 1.82) is 0 Å². The standard InChI is InChI=1S/C30H34N2O5/c1-4-19-9-8-10-20(5-2)27(19)31-17-21(16-26(31)33)30(36)37-22-13-14-25(18(3)15-22)32-28(34)23-11-6-7-12-24(23)29(32)35/h8-10,13-15,21,23-24H,4-7,11-12,16-17H2,1-3H3/t21-,23+,24+/m1/s1. The smallest absolute Gasteiger partial charge is 0.316 e. The second-order valence-corrected chi connectivity index (χ2v) is 10.4. The normalized spacial score (nSPS) is 23.5. The molecule has 1 saturated carbocycles. The van der Waals surface area contributed by atoms with Crippen molar-refractivity contribution in [2.45, 2.75) is 65.7 Å². The maximum absolute atomic E-state index is 13.1. The Hall–Kier alpha value is -3.48. The molecular weight excluding hydrogens is 468 g/mol. The van der Waals surface area contributed by atoms with Crippen molar-refractivity contribution in [3.05, 3.63) is 53.1 Å². The number of rotatable bonds is 6. The molecule has 3 atom stereocenters. The number of imide groups is 1. The summed E-state index contributed by atoms with van der Waals surface area (Å²) < 4.78 is 5.68. The van der Waals surface area contributed by atoms with E-state index in [4.69, 9.17) is 4.74 Å². The number of nitrogens with zero attached hydrogens (tertiary/aromatic N) is 2. The van der Waals surface area contributed by atoms with Crippen molar-refractivity contribution in [3.8, 4) is 5.75 Å². The number of fused-ring (bicyclic) bond motifs is 1. The lowest BCUT2D eigenvalue weighted by Crippen LogP contribution is -2.31. The number of anilines is 2. The first-order valence-electron chi connectivity index (χ1n) is 13.4. The molecule has 194 valence electrons. The maximum Gasteiger partial charge on any atom is 0.316 e. The molecule has 0 N–H and O–H groups in total. The van der Waals surface area contributed by atoms with Gasteiger partial charge in [0, 0.05) is 18.7 Å². The zero-order valence-electron chi connectivity index (χ0n) is 21.8. The summed E-state index contributed by atoms with van der Waals surface area (Å²) in [6, 6.07) is 11.1. The molecule has 5 rings (SSSR count). The van der Waals surface area contributed by atoms with Crippen LogP contribution < -0.4 is 14.5 Å². The number of carbonyl (C=O) groups is 4. The molecule has 7 nitrogen and oxygen atoms in total. The maximum atomic E-state index is 13.1. The van der Waals surface area contributed by atoms with E-state index in [0.29, 0.717) is 17.0 Å². The van der Waals surface area contributed by atoms with Gasteiger partial charge in [-0.25, -0.2) is 4.90 Å². The Kier molecular flexibility index (Phi) is 6.88. The Morgan fingerprint density at radius 3 is 2.14 bits per heavy atom. The minimum Gasteiger partial charge on any atom is -0.426 e. The highest BCUT2D eigenvalue weighted by Gasteiger charge is 2.49. The van der Waals surface area contributed by atoms with Crippen molar-refractivity contribution in [2.24, 2.45) is 17.8 Å². The lowest BCUT2D eigenvalue weighted by atomic mass is 9.81. The summed E-state index contributed by atoms with van der Waals surface area (Å²) in [5.74, 6) is -1.41. The van der Waals surface area contributed by atoms with E-state index < -0.39 is 11.9 Å². The first kappa shape index (κ1) is 25.2. The van der Waals surface area contributed by atoms with Crippen LogP contribution in [0.5, 0.6) is 5.75 Å². The molecule has 2 aromatic carbocycles. The molecule has 3 amide bonds. The number of ether oxygens (including phenoxy) is 1. The van der Waals surface area contributed by atoms with Crippen LogP contribution in [0.1, 0.15) is 62.6 Å². The average molecular weight is 503 g/mol. The first-order chi connectivity index (χ1) is 17.8. The molecule has 3 aliphatic rings. The molecule has 7 heteroatoms. The van der Waals surface area contributed by atoms with E-state index in [0.717, 1.165) is 55.3 Å². The fourth-order valence-corrected chi connectivity index (χ4v) is 6.18. The van der Waals surface area contributed by atoms with Crippen LogP contribution >= 0.6 is 0 Å². The summed E-state index contributed by atoms with van der Waals surface area (Å²) in [6.45, 7) is 6.23. The highest BCUT2D eigenvalue weighted by Crippen LogP contribution is 2.41. The monoisotopic (exact) mass is 502 g/mol. The number of esters is 1. The van der Waals surface area contributed by atoms with Gasteiger partial charge in [0.05, 0.1) is 23.4 Å². The van der Waals surface area contributed by atoms with Gasteiger partial charge < -0.3 is 9.64 Å². The van der Waals surface area contributed by atoms with Crippen molar-refractivity contribution < 1.29 is 23.9 Å². The molecule has 37 heavy (non-hydrogen) atoms. The van der Waals surface area contributed by atoms with Crippen LogP contribution in [0.2, 0.25) is 0 Å². The van der Waals surface area contributed by atoms with Gasteiger partial charge in [0.1, 0.15) is 5.75 Å². The fourth-order valence-electron chi connectivity index (χ4n) is 6.18. The van der Waals surface area contributed by atoms with Crippen LogP contribution in [0, 0.1) is 24.7 Å². The minimum absolute atomic E-state index is 0.0726. The largest absolute Gasteiger partial charge is 0.426 e. The number of carbonyl (C=O) groups excluding carboxylic acids is 4. The van der Waals surface area contributed by atoms with Gasteiger partial charge in [-0.15, -0.1) is 0 Å². The van der Waals surface area contributed by atoms with Crippen molar-refractivity contribution in [2.75, 3.05) is 16.3 Å². The summed E-state index contributed by atoms with van der Waals surface area (Å²) in [4.78, 5) is 55.0. The lowest BCUT2D eigenvalue weighted by Gasteiger charge is -2.23. The van der Waals surface area contributed by atoms with Gasteiger partial charge >= 0.3 is 5.97 Å². The third-order valence-corrected chi connectivity index (χ3v) is 8.16. The topological polar surface area (TPSA) is 84.0 Å². The molecule has 3 fully saturated rings. The third kappa shape index (κ3) is 4.45. The summed E-state index contributed by atoms with van der Waals surface area (Å²) in [7, 11) is 0. The van der Waals surface area contributed by atoms with Gasteiger partial charge in [0.25, 0.3) is 0 Å². The highest BCUT2D eigenvalue weighted by atomic mass is 16.5. The van der Waals surface area contributed by atoms with Crippen molar-refractivity contribution in [1.82, 2.24) is 0 Å². The van der Waals surface area contributed by atoms with E-state index >= 15 is 0 Å².